The average Bonchev–Trinajstić information content (AvgIpc) is 3.62. The number of rotatable bonds is 4. The smallest absolute Gasteiger partial charge is 0.164 e. The Morgan fingerprint density at radius 3 is 1.42 bits per heavy atom. The van der Waals surface area contributed by atoms with Gasteiger partial charge in [0.05, 0.1) is 5.69 Å². The fourth-order valence-corrected chi connectivity index (χ4v) is 7.78. The molecule has 0 amide bonds. The van der Waals surface area contributed by atoms with Gasteiger partial charge in [-0.1, -0.05) is 152 Å². The van der Waals surface area contributed by atoms with Gasteiger partial charge in [-0.25, -0.2) is 19.9 Å². The Morgan fingerprint density at radius 2 is 0.755 bits per heavy atom. The Labute approximate surface area is 303 Å². The van der Waals surface area contributed by atoms with E-state index in [2.05, 4.69) is 109 Å². The van der Waals surface area contributed by atoms with Crippen LogP contribution in [0.3, 0.4) is 0 Å². The first-order chi connectivity index (χ1) is 26.3. The maximum Gasteiger partial charge on any atom is 0.164 e. The summed E-state index contributed by atoms with van der Waals surface area (Å²) in [6.07, 6.45) is 0. The summed E-state index contributed by atoms with van der Waals surface area (Å²) in [5, 5.41) is 10.4. The molecule has 5 heteroatoms. The van der Waals surface area contributed by atoms with Gasteiger partial charge in [-0.15, -0.1) is 0 Å². The summed E-state index contributed by atoms with van der Waals surface area (Å²) in [4.78, 5) is 20.4. The van der Waals surface area contributed by atoms with E-state index in [1.807, 2.05) is 60.7 Å². The van der Waals surface area contributed by atoms with Crippen LogP contribution in [-0.4, -0.2) is 19.9 Å². The van der Waals surface area contributed by atoms with Crippen LogP contribution < -0.4 is 0 Å². The first kappa shape index (κ1) is 29.5. The zero-order valence-electron chi connectivity index (χ0n) is 28.4. The quantitative estimate of drug-likeness (QED) is 0.174. The van der Waals surface area contributed by atoms with E-state index >= 15 is 0 Å². The number of fused-ring (bicyclic) bond motifs is 11. The van der Waals surface area contributed by atoms with E-state index in [-0.39, 0.29) is 0 Å². The zero-order valence-corrected chi connectivity index (χ0v) is 28.4. The van der Waals surface area contributed by atoms with Crippen LogP contribution in [0, 0.1) is 0 Å². The molecule has 0 radical (unpaired) electrons. The normalized spacial score (nSPS) is 11.8. The van der Waals surface area contributed by atoms with Crippen LogP contribution >= 0.6 is 0 Å². The maximum absolute atomic E-state index is 6.31. The topological polar surface area (TPSA) is 64.7 Å². The molecule has 5 nitrogen and oxygen atoms in total. The lowest BCUT2D eigenvalue weighted by atomic mass is 9.93. The van der Waals surface area contributed by atoms with Crippen molar-refractivity contribution in [2.45, 2.75) is 0 Å². The lowest BCUT2D eigenvalue weighted by molar-refractivity contribution is 0.672. The molecule has 0 unspecified atom stereocenters. The predicted molar refractivity (Wildman–Crippen MR) is 217 cm³/mol. The number of hydrogen-bond acceptors (Lipinski definition) is 5. The van der Waals surface area contributed by atoms with Crippen LogP contribution in [-0.2, 0) is 0 Å². The number of benzene rings is 8. The Morgan fingerprint density at radius 1 is 0.302 bits per heavy atom. The fourth-order valence-electron chi connectivity index (χ4n) is 7.78. The van der Waals surface area contributed by atoms with Crippen molar-refractivity contribution in [1.82, 2.24) is 19.9 Å². The van der Waals surface area contributed by atoms with E-state index in [4.69, 9.17) is 24.4 Å². The third-order valence-corrected chi connectivity index (χ3v) is 10.3. The minimum atomic E-state index is 0.609. The van der Waals surface area contributed by atoms with Gasteiger partial charge in [-0.3, -0.25) is 0 Å². The standard InChI is InChI=1S/C48H28N4O/c1-2-12-30(13-3-1)46-50-47(52-48(51-46)32-26-27-37-35-16-5-4-14-33(35)34-15-6-7-17-36(34)41(37)28-32)31-24-22-29(23-25-31)43-38-18-8-9-19-39(38)45-44(49-43)40-20-10-11-21-42(40)53-45/h1-28H. The van der Waals surface area contributed by atoms with Crippen LogP contribution in [0.4, 0.5) is 0 Å². The second kappa shape index (κ2) is 11.7. The molecule has 246 valence electrons. The van der Waals surface area contributed by atoms with E-state index in [0.29, 0.717) is 17.5 Å². The molecule has 3 aromatic heterocycles. The summed E-state index contributed by atoms with van der Waals surface area (Å²) in [7, 11) is 0. The predicted octanol–water partition coefficient (Wildman–Crippen LogP) is 12.4. The molecule has 0 bridgehead atoms. The van der Waals surface area contributed by atoms with Crippen molar-refractivity contribution in [1.29, 1.82) is 0 Å². The summed E-state index contributed by atoms with van der Waals surface area (Å²) >= 11 is 0. The van der Waals surface area contributed by atoms with Crippen molar-refractivity contribution in [3.05, 3.63) is 170 Å². The number of para-hydroxylation sites is 1. The van der Waals surface area contributed by atoms with Gasteiger partial charge in [-0.2, -0.15) is 0 Å². The number of aromatic nitrogens is 4. The van der Waals surface area contributed by atoms with Crippen LogP contribution in [0.15, 0.2) is 174 Å². The van der Waals surface area contributed by atoms with E-state index in [9.17, 15) is 0 Å². The largest absolute Gasteiger partial charge is 0.454 e. The summed E-state index contributed by atoms with van der Waals surface area (Å²) < 4.78 is 6.31. The second-order valence-electron chi connectivity index (χ2n) is 13.4. The van der Waals surface area contributed by atoms with Crippen molar-refractivity contribution >= 4 is 65.2 Å². The average molecular weight is 677 g/mol. The van der Waals surface area contributed by atoms with Gasteiger partial charge in [0.15, 0.2) is 23.1 Å². The van der Waals surface area contributed by atoms with E-state index in [1.54, 1.807) is 0 Å². The van der Waals surface area contributed by atoms with Gasteiger partial charge in [0.2, 0.25) is 0 Å². The number of furan rings is 1. The van der Waals surface area contributed by atoms with Crippen molar-refractivity contribution in [2.24, 2.45) is 0 Å². The molecule has 53 heavy (non-hydrogen) atoms. The van der Waals surface area contributed by atoms with Crippen LogP contribution in [0.25, 0.3) is 111 Å². The number of hydrogen-bond donors (Lipinski definition) is 0. The molecule has 0 aliphatic rings. The van der Waals surface area contributed by atoms with Crippen molar-refractivity contribution in [3.8, 4) is 45.4 Å². The van der Waals surface area contributed by atoms with Gasteiger partial charge < -0.3 is 4.42 Å². The molecule has 11 aromatic rings. The van der Waals surface area contributed by atoms with Gasteiger partial charge in [0, 0.05) is 38.4 Å². The van der Waals surface area contributed by atoms with E-state index in [1.165, 1.54) is 32.3 Å². The lowest BCUT2D eigenvalue weighted by Crippen LogP contribution is -2.00. The Balaban J connectivity index is 1.07. The summed E-state index contributed by atoms with van der Waals surface area (Å²) in [6, 6.07) is 58.7. The molecule has 0 fully saturated rings. The number of nitrogens with zero attached hydrogens (tertiary/aromatic N) is 4. The van der Waals surface area contributed by atoms with Crippen molar-refractivity contribution in [3.63, 3.8) is 0 Å². The molecule has 11 rings (SSSR count). The minimum absolute atomic E-state index is 0.609. The van der Waals surface area contributed by atoms with Crippen molar-refractivity contribution < 1.29 is 4.42 Å². The van der Waals surface area contributed by atoms with Gasteiger partial charge >= 0.3 is 0 Å². The highest BCUT2D eigenvalue weighted by molar-refractivity contribution is 6.25. The third-order valence-electron chi connectivity index (χ3n) is 10.3. The van der Waals surface area contributed by atoms with Crippen LogP contribution in [0.1, 0.15) is 0 Å². The zero-order chi connectivity index (χ0) is 34.9. The summed E-state index contributed by atoms with van der Waals surface area (Å²) in [5.41, 5.74) is 7.18. The first-order valence-corrected chi connectivity index (χ1v) is 17.7. The lowest BCUT2D eigenvalue weighted by Gasteiger charge is -2.13. The number of pyridine rings is 1. The van der Waals surface area contributed by atoms with Gasteiger partial charge in [0.1, 0.15) is 11.1 Å². The molecule has 0 saturated heterocycles. The molecular formula is C48H28N4O. The Hall–Kier alpha value is -7.24. The van der Waals surface area contributed by atoms with Crippen LogP contribution in [0.5, 0.6) is 0 Å². The molecule has 0 aliphatic carbocycles. The molecule has 3 heterocycles. The molecule has 0 atom stereocenters. The highest BCUT2D eigenvalue weighted by Crippen LogP contribution is 2.39. The van der Waals surface area contributed by atoms with Gasteiger partial charge in [0.25, 0.3) is 0 Å². The maximum atomic E-state index is 6.31. The summed E-state index contributed by atoms with van der Waals surface area (Å²) in [6.45, 7) is 0. The highest BCUT2D eigenvalue weighted by atomic mass is 16.3. The SMILES string of the molecule is c1ccc(-c2nc(-c3ccc(-c4nc5c6ccccc6oc5c5ccccc45)cc3)nc(-c3ccc4c5ccccc5c5ccccc5c4c3)n2)cc1. The first-order valence-electron chi connectivity index (χ1n) is 17.7. The Bertz CT molecular complexity index is 3190. The molecule has 0 saturated carbocycles. The van der Waals surface area contributed by atoms with Crippen LogP contribution in [0.2, 0.25) is 0 Å². The van der Waals surface area contributed by atoms with Crippen molar-refractivity contribution in [2.75, 3.05) is 0 Å². The second-order valence-corrected chi connectivity index (χ2v) is 13.4. The summed E-state index contributed by atoms with van der Waals surface area (Å²) in [5.74, 6) is 1.86. The fraction of sp³-hybridized carbons (Fsp3) is 0. The molecular weight excluding hydrogens is 649 g/mol. The Kier molecular flexibility index (Phi) is 6.48. The minimum Gasteiger partial charge on any atom is -0.454 e. The van der Waals surface area contributed by atoms with Gasteiger partial charge in [-0.05, 0) is 50.5 Å². The third kappa shape index (κ3) is 4.71. The van der Waals surface area contributed by atoms with E-state index < -0.39 is 0 Å². The molecule has 0 spiro atoms. The molecule has 0 aliphatic heterocycles. The molecule has 8 aromatic carbocycles. The highest BCUT2D eigenvalue weighted by Gasteiger charge is 2.18. The molecule has 0 N–H and O–H groups in total. The monoisotopic (exact) mass is 676 g/mol. The van der Waals surface area contributed by atoms with E-state index in [0.717, 1.165) is 60.8 Å².